The monoisotopic (exact) mass is 1710 g/mol. The van der Waals surface area contributed by atoms with Gasteiger partial charge in [0, 0.05) is 105 Å². The minimum absolute atomic E-state index is 0.0231. The summed E-state index contributed by atoms with van der Waals surface area (Å²) in [6.45, 7) is 10.1. The van der Waals surface area contributed by atoms with E-state index < -0.39 is 123 Å². The second kappa shape index (κ2) is 31.6. The number of hydrogen-bond donors (Lipinski definition) is 0. The molecule has 4 aromatic heterocycles. The molecule has 0 bridgehead atoms. The fraction of sp³-hybridized carbons (Fsp3) is 0.330. The number of ketones is 3. The molecule has 0 N–H and O–H groups in total. The lowest BCUT2D eigenvalue weighted by Gasteiger charge is -2.43. The Morgan fingerprint density at radius 2 is 0.785 bits per heavy atom. The molecule has 3 fully saturated rings. The SMILES string of the molecule is COC(=O)OCOc1c2n(ccc1=O)N([C@H]1c3ccc(F)c(F)c3CSc3c(C)cccc31)CC1(CC1)C2=O.Cc1cccc2c1SCc1c(ccc(F)c1F)C2N1CC2(CC2)C(=O)c2c(OCc3oc(=O)oc3C)c(=O)ccn21.Cc1cccc2c1SCc1c(ccc(F)c1F)[C@@H]2N1CC2(CC2)C(=O)c2c(OCOC(=O)OC(C)C)c(=O)ccn21. The highest BCUT2D eigenvalue weighted by Crippen LogP contribution is 2.58. The number of carbonyl (C=O) groups excluding carboxylic acids is 5. The number of Topliss-reactive ketones (excluding diaryl/α,β-unsaturated/α-hetero) is 3. The van der Waals surface area contributed by atoms with Gasteiger partial charge < -0.3 is 42.0 Å². The normalized spacial score (nSPS) is 18.4. The fourth-order valence-electron chi connectivity index (χ4n) is 17.0. The molecule has 6 aliphatic heterocycles. The van der Waals surface area contributed by atoms with E-state index in [0.717, 1.165) is 73.4 Å². The molecular formula is C88H76F6N6O18S3. The van der Waals surface area contributed by atoms with Crippen LogP contribution in [0.25, 0.3) is 0 Å². The number of nitrogens with zero attached hydrogens (tertiary/aromatic N) is 6. The number of carbonyl (C=O) groups is 5. The van der Waals surface area contributed by atoms with Crippen LogP contribution in [0.4, 0.5) is 35.9 Å². The predicted octanol–water partition coefficient (Wildman–Crippen LogP) is 15.7. The van der Waals surface area contributed by atoms with Crippen molar-refractivity contribution < 1.29 is 92.3 Å². The summed E-state index contributed by atoms with van der Waals surface area (Å²) in [6, 6.07) is 27.8. The summed E-state index contributed by atoms with van der Waals surface area (Å²) >= 11 is 4.34. The Bertz CT molecular complexity index is 6270. The van der Waals surface area contributed by atoms with Crippen LogP contribution in [-0.4, -0.2) is 90.1 Å². The Labute approximate surface area is 698 Å². The number of fused-ring (bicyclic) bond motifs is 9. The standard InChI is InChI=1S/C30H24F2N2O6S.C30H28F2N2O6S.C28H24F2N2O6S/c1-15-4-3-5-18-24(17-6-7-20(31)23(32)19(17)13-41-27(15)18)34-14-30(9-10-30)28(36)25-26(21(35)8-11-33(25)34)38-12-22-16(2)39-29(37)40-22;1-16(2)40-29(37)39-15-38-26-22(35)9-12-33-25(26)28(36)30(10-11-30)14-34(33)24-18-7-8-21(31)23(32)20(18)13-41-27-17(3)5-4-6-19(24)27;1-15-4-3-5-17-22(16-6-7-19(29)21(30)18(16)12-39-25(15)17)32-13-28(9-10-28)26(34)23-24(20(33)8-11-31(23)32)37-14-38-27(35)36-2/h3-8,11,24H,9-10,12-14H2,1-2H3;4-9,12,16,24H,10-11,13-15H2,1-3H3;3-8,11,22H,9-10,12-14H2,1-2H3/t;24-;22-/m.00/s1. The first-order valence-electron chi connectivity index (χ1n) is 38.9. The van der Waals surface area contributed by atoms with Crippen LogP contribution < -0.4 is 51.3 Å². The van der Waals surface area contributed by atoms with Gasteiger partial charge in [-0.05, 0) is 148 Å². The summed E-state index contributed by atoms with van der Waals surface area (Å²) in [6.07, 6.45) is 5.80. The molecular weight excluding hydrogens is 1640 g/mol. The van der Waals surface area contributed by atoms with E-state index in [2.05, 4.69) is 4.74 Å². The largest absolute Gasteiger partial charge is 0.519 e. The van der Waals surface area contributed by atoms with Gasteiger partial charge in [-0.1, -0.05) is 72.8 Å². The van der Waals surface area contributed by atoms with Crippen molar-refractivity contribution in [3.8, 4) is 17.2 Å². The number of hydrogen-bond acceptors (Lipinski definition) is 24. The van der Waals surface area contributed by atoms with Crippen LogP contribution >= 0.6 is 35.3 Å². The van der Waals surface area contributed by atoms with E-state index in [1.165, 1.54) is 79.0 Å². The predicted molar refractivity (Wildman–Crippen MR) is 430 cm³/mol. The minimum atomic E-state index is -1.000. The Hall–Kier alpha value is -11.8. The molecule has 6 aromatic carbocycles. The van der Waals surface area contributed by atoms with E-state index in [1.807, 2.05) is 90.4 Å². The molecule has 3 atom stereocenters. The summed E-state index contributed by atoms with van der Waals surface area (Å²) in [7, 11) is 1.14. The maximum atomic E-state index is 15.3. The molecule has 24 nitrogen and oxygen atoms in total. The van der Waals surface area contributed by atoms with Crippen molar-refractivity contribution >= 4 is 64.9 Å². The molecule has 3 saturated carbocycles. The van der Waals surface area contributed by atoms with Gasteiger partial charge in [0.25, 0.3) is 0 Å². The quantitative estimate of drug-likeness (QED) is 0.0589. The summed E-state index contributed by atoms with van der Waals surface area (Å²) < 4.78 is 140. The molecule has 10 heterocycles. The molecule has 0 radical (unpaired) electrons. The minimum Gasteiger partial charge on any atom is -0.479 e. The summed E-state index contributed by atoms with van der Waals surface area (Å²) in [5.41, 5.74) is 4.44. The molecule has 0 saturated heterocycles. The summed E-state index contributed by atoms with van der Waals surface area (Å²) in [4.78, 5) is 118. The zero-order valence-electron chi connectivity index (χ0n) is 66.1. The Kier molecular flexibility index (Phi) is 21.3. The Balaban J connectivity index is 0.000000129. The molecule has 9 aliphatic rings. The summed E-state index contributed by atoms with van der Waals surface area (Å²) in [5.74, 6) is -6.68. The summed E-state index contributed by atoms with van der Waals surface area (Å²) in [5, 5.41) is 5.82. The van der Waals surface area contributed by atoms with E-state index in [4.69, 9.17) is 37.3 Å². The van der Waals surface area contributed by atoms with E-state index in [9.17, 15) is 56.3 Å². The van der Waals surface area contributed by atoms with Crippen LogP contribution in [0.1, 0.15) is 180 Å². The zero-order chi connectivity index (χ0) is 85.2. The fourth-order valence-corrected chi connectivity index (χ4v) is 20.7. The smallest absolute Gasteiger partial charge is 0.479 e. The van der Waals surface area contributed by atoms with E-state index >= 15 is 13.2 Å². The van der Waals surface area contributed by atoms with Gasteiger partial charge >= 0.3 is 18.1 Å². The number of thioether (sulfide) groups is 3. The van der Waals surface area contributed by atoms with Gasteiger partial charge in [-0.3, -0.25) is 57.8 Å². The third-order valence-electron chi connectivity index (χ3n) is 23.6. The van der Waals surface area contributed by atoms with Crippen molar-refractivity contribution in [1.29, 1.82) is 0 Å². The van der Waals surface area contributed by atoms with Crippen molar-refractivity contribution in [3.05, 3.63) is 299 Å². The van der Waals surface area contributed by atoms with E-state index in [-0.39, 0.29) is 104 Å². The number of methoxy groups -OCH3 is 1. The Morgan fingerprint density at radius 3 is 1.10 bits per heavy atom. The van der Waals surface area contributed by atoms with E-state index in [1.54, 1.807) is 46.1 Å². The average molecular weight is 1720 g/mol. The van der Waals surface area contributed by atoms with Gasteiger partial charge in [0.15, 0.2) is 98.1 Å². The van der Waals surface area contributed by atoms with Crippen LogP contribution in [0.15, 0.2) is 170 Å². The maximum Gasteiger partial charge on any atom is 0.519 e. The van der Waals surface area contributed by atoms with Crippen molar-refractivity contribution in [2.45, 2.75) is 143 Å². The van der Waals surface area contributed by atoms with Crippen LogP contribution in [0.2, 0.25) is 0 Å². The number of aryl methyl sites for hydroxylation is 4. The molecule has 3 spiro atoms. The number of halogens is 6. The Morgan fingerprint density at radius 1 is 0.446 bits per heavy atom. The van der Waals surface area contributed by atoms with Gasteiger partial charge in [-0.2, -0.15) is 0 Å². The lowest BCUT2D eigenvalue weighted by molar-refractivity contribution is -0.00906. The highest BCUT2D eigenvalue weighted by molar-refractivity contribution is 7.99. The highest BCUT2D eigenvalue weighted by Gasteiger charge is 2.60. The first-order chi connectivity index (χ1) is 58.0. The second-order valence-electron chi connectivity index (χ2n) is 31.5. The van der Waals surface area contributed by atoms with Gasteiger partial charge in [0.2, 0.25) is 29.9 Å². The lowest BCUT2D eigenvalue weighted by Crippen LogP contribution is -2.52. The molecule has 33 heteroatoms. The van der Waals surface area contributed by atoms with E-state index in [0.29, 0.717) is 74.8 Å². The second-order valence-corrected chi connectivity index (χ2v) is 34.4. The molecule has 1 unspecified atom stereocenters. The number of benzene rings is 6. The highest BCUT2D eigenvalue weighted by atomic mass is 32.2. The average Bonchev–Trinajstić information content (AvgIpc) is 1.57. The van der Waals surface area contributed by atoms with Crippen molar-refractivity contribution in [3.63, 3.8) is 0 Å². The third kappa shape index (κ3) is 14.5. The number of rotatable bonds is 13. The molecule has 121 heavy (non-hydrogen) atoms. The van der Waals surface area contributed by atoms with Crippen LogP contribution in [-0.2, 0) is 42.8 Å². The van der Waals surface area contributed by atoms with Crippen LogP contribution in [0, 0.1) is 78.8 Å². The van der Waals surface area contributed by atoms with Crippen LogP contribution in [0.3, 0.4) is 0 Å². The van der Waals surface area contributed by atoms with Gasteiger partial charge in [0.1, 0.15) is 6.61 Å². The van der Waals surface area contributed by atoms with Crippen molar-refractivity contribution in [2.75, 3.05) is 55.4 Å². The molecule has 0 amide bonds. The number of ether oxygens (including phenoxy) is 7. The molecule has 3 aliphatic carbocycles. The van der Waals surface area contributed by atoms with Gasteiger partial charge in [-0.15, -0.1) is 35.3 Å². The lowest BCUT2D eigenvalue weighted by atomic mass is 9.89. The third-order valence-corrected chi connectivity index (χ3v) is 27.4. The maximum absolute atomic E-state index is 15.3. The van der Waals surface area contributed by atoms with Gasteiger partial charge in [0.05, 0.1) is 47.6 Å². The molecule has 19 rings (SSSR count). The number of aromatic nitrogens is 3. The van der Waals surface area contributed by atoms with Crippen molar-refractivity contribution in [1.82, 2.24) is 14.0 Å². The topological polar surface area (TPSA) is 269 Å². The van der Waals surface area contributed by atoms with Crippen LogP contribution in [0.5, 0.6) is 17.2 Å². The first-order valence-corrected chi connectivity index (χ1v) is 41.8. The zero-order valence-corrected chi connectivity index (χ0v) is 68.5. The molecule has 626 valence electrons. The number of pyridine rings is 3. The van der Waals surface area contributed by atoms with Gasteiger partial charge in [-0.25, -0.2) is 40.7 Å². The molecule has 10 aromatic rings. The first kappa shape index (κ1) is 81.5. The van der Waals surface area contributed by atoms with Crippen molar-refractivity contribution in [2.24, 2.45) is 16.2 Å².